The Labute approximate surface area is 180 Å². The van der Waals surface area contributed by atoms with Gasteiger partial charge in [-0.2, -0.15) is 0 Å². The maximum Gasteiger partial charge on any atom is 0.253 e. The van der Waals surface area contributed by atoms with Gasteiger partial charge in [-0.15, -0.1) is 0 Å². The number of hydrogen-bond donors (Lipinski definition) is 0. The topological polar surface area (TPSA) is 56.8 Å². The Hall–Kier alpha value is -1.95. The zero-order chi connectivity index (χ0) is 20.9. The number of nitrogens with zero attached hydrogens (tertiary/aromatic N) is 4. The van der Waals surface area contributed by atoms with Crippen molar-refractivity contribution in [1.82, 2.24) is 19.7 Å². The highest BCUT2D eigenvalue weighted by Crippen LogP contribution is 2.26. The quantitative estimate of drug-likeness (QED) is 0.746. The first kappa shape index (κ1) is 21.3. The van der Waals surface area contributed by atoms with E-state index in [0.717, 1.165) is 102 Å². The van der Waals surface area contributed by atoms with Crippen molar-refractivity contribution < 1.29 is 9.59 Å². The number of hydrogen-bond acceptors (Lipinski definition) is 4. The molecule has 4 heterocycles. The second-order valence-electron chi connectivity index (χ2n) is 9.18. The van der Waals surface area contributed by atoms with E-state index in [4.69, 9.17) is 0 Å². The molecule has 4 rings (SSSR count). The van der Waals surface area contributed by atoms with E-state index in [1.807, 2.05) is 17.0 Å². The summed E-state index contributed by atoms with van der Waals surface area (Å²) in [7, 11) is 0. The van der Waals surface area contributed by atoms with Gasteiger partial charge in [0.2, 0.25) is 5.91 Å². The van der Waals surface area contributed by atoms with Crippen molar-refractivity contribution in [2.24, 2.45) is 5.92 Å². The van der Waals surface area contributed by atoms with Crippen LogP contribution in [0.1, 0.15) is 67.9 Å². The zero-order valence-corrected chi connectivity index (χ0v) is 18.4. The molecular formula is C24H36N4O2. The fraction of sp³-hybridized carbons (Fsp3) is 0.708. The summed E-state index contributed by atoms with van der Waals surface area (Å²) in [5.41, 5.74) is 1.77. The number of aryl methyl sites for hydroxylation is 1. The summed E-state index contributed by atoms with van der Waals surface area (Å²) in [4.78, 5) is 36.8. The smallest absolute Gasteiger partial charge is 0.253 e. The second-order valence-corrected chi connectivity index (χ2v) is 9.18. The monoisotopic (exact) mass is 412 g/mol. The first-order valence-electron chi connectivity index (χ1n) is 11.9. The SMILES string of the molecule is CCCc1cc(C(=O)N2CCC(N3CCC[C@H](C(=O)N4CCCC4)C3)CC2)ccn1. The maximum absolute atomic E-state index is 13.0. The minimum Gasteiger partial charge on any atom is -0.342 e. The molecule has 3 aliphatic rings. The largest absolute Gasteiger partial charge is 0.342 e. The predicted octanol–water partition coefficient (Wildman–Crippen LogP) is 2.97. The van der Waals surface area contributed by atoms with Crippen molar-refractivity contribution in [2.75, 3.05) is 39.3 Å². The van der Waals surface area contributed by atoms with E-state index in [1.165, 1.54) is 0 Å². The molecule has 0 radical (unpaired) electrons. The lowest BCUT2D eigenvalue weighted by atomic mass is 9.92. The number of amides is 2. The van der Waals surface area contributed by atoms with Crippen LogP contribution in [0.3, 0.4) is 0 Å². The van der Waals surface area contributed by atoms with Gasteiger partial charge in [0.1, 0.15) is 0 Å². The van der Waals surface area contributed by atoms with E-state index < -0.39 is 0 Å². The van der Waals surface area contributed by atoms with Crippen LogP contribution in [-0.4, -0.2) is 76.8 Å². The molecule has 0 N–H and O–H groups in total. The third kappa shape index (κ3) is 4.85. The zero-order valence-electron chi connectivity index (χ0n) is 18.4. The van der Waals surface area contributed by atoms with Gasteiger partial charge in [-0.1, -0.05) is 13.3 Å². The summed E-state index contributed by atoms with van der Waals surface area (Å²) >= 11 is 0. The first-order chi connectivity index (χ1) is 14.7. The fourth-order valence-corrected chi connectivity index (χ4v) is 5.36. The number of aromatic nitrogens is 1. The van der Waals surface area contributed by atoms with E-state index in [2.05, 4.69) is 21.7 Å². The number of likely N-dealkylation sites (tertiary alicyclic amines) is 3. The molecule has 0 bridgehead atoms. The van der Waals surface area contributed by atoms with Gasteiger partial charge in [-0.05, 0) is 63.6 Å². The summed E-state index contributed by atoms with van der Waals surface area (Å²) in [6.45, 7) is 7.62. The Balaban J connectivity index is 1.30. The maximum atomic E-state index is 13.0. The normalized spacial score (nSPS) is 23.7. The van der Waals surface area contributed by atoms with Gasteiger partial charge in [0.05, 0.1) is 5.92 Å². The average molecular weight is 413 g/mol. The molecule has 6 heteroatoms. The molecular weight excluding hydrogens is 376 g/mol. The fourth-order valence-electron chi connectivity index (χ4n) is 5.36. The third-order valence-corrected chi connectivity index (χ3v) is 7.06. The predicted molar refractivity (Wildman–Crippen MR) is 117 cm³/mol. The molecule has 2 amide bonds. The van der Waals surface area contributed by atoms with Crippen LogP contribution >= 0.6 is 0 Å². The molecule has 0 saturated carbocycles. The number of pyridine rings is 1. The highest BCUT2D eigenvalue weighted by atomic mass is 16.2. The summed E-state index contributed by atoms with van der Waals surface area (Å²) in [6.07, 6.45) is 10.2. The van der Waals surface area contributed by atoms with E-state index in [-0.39, 0.29) is 11.8 Å². The van der Waals surface area contributed by atoms with E-state index in [1.54, 1.807) is 6.20 Å². The number of carbonyl (C=O) groups excluding carboxylic acids is 2. The number of rotatable bonds is 5. The molecule has 3 saturated heterocycles. The van der Waals surface area contributed by atoms with Crippen LogP contribution in [0.25, 0.3) is 0 Å². The summed E-state index contributed by atoms with van der Waals surface area (Å²) in [5.74, 6) is 0.685. The minimum absolute atomic E-state index is 0.133. The minimum atomic E-state index is 0.133. The molecule has 1 aromatic rings. The molecule has 3 fully saturated rings. The Morgan fingerprint density at radius 3 is 2.50 bits per heavy atom. The van der Waals surface area contributed by atoms with Crippen molar-refractivity contribution in [1.29, 1.82) is 0 Å². The summed E-state index contributed by atoms with van der Waals surface area (Å²) < 4.78 is 0. The number of piperidine rings is 2. The van der Waals surface area contributed by atoms with Gasteiger partial charge in [0.25, 0.3) is 5.91 Å². The molecule has 3 aliphatic heterocycles. The molecule has 1 aromatic heterocycles. The van der Waals surface area contributed by atoms with E-state index >= 15 is 0 Å². The van der Waals surface area contributed by atoms with Gasteiger partial charge in [0.15, 0.2) is 0 Å². The van der Waals surface area contributed by atoms with Crippen molar-refractivity contribution in [3.8, 4) is 0 Å². The van der Waals surface area contributed by atoms with Crippen molar-refractivity contribution >= 4 is 11.8 Å². The highest BCUT2D eigenvalue weighted by Gasteiger charge is 2.34. The molecule has 0 spiro atoms. The highest BCUT2D eigenvalue weighted by molar-refractivity contribution is 5.94. The van der Waals surface area contributed by atoms with Crippen LogP contribution in [0.4, 0.5) is 0 Å². The molecule has 30 heavy (non-hydrogen) atoms. The van der Waals surface area contributed by atoms with Crippen molar-refractivity contribution in [3.63, 3.8) is 0 Å². The lowest BCUT2D eigenvalue weighted by Gasteiger charge is -2.42. The van der Waals surface area contributed by atoms with Crippen LogP contribution < -0.4 is 0 Å². The van der Waals surface area contributed by atoms with Gasteiger partial charge in [0, 0.05) is 56.2 Å². The Morgan fingerprint density at radius 2 is 1.77 bits per heavy atom. The summed E-state index contributed by atoms with van der Waals surface area (Å²) in [6, 6.07) is 4.29. The van der Waals surface area contributed by atoms with Gasteiger partial charge in [-0.3, -0.25) is 19.5 Å². The van der Waals surface area contributed by atoms with Crippen LogP contribution in [0.2, 0.25) is 0 Å². The van der Waals surface area contributed by atoms with Crippen molar-refractivity contribution in [2.45, 2.75) is 64.3 Å². The molecule has 0 aliphatic carbocycles. The van der Waals surface area contributed by atoms with E-state index in [9.17, 15) is 9.59 Å². The van der Waals surface area contributed by atoms with Crippen molar-refractivity contribution in [3.05, 3.63) is 29.6 Å². The van der Waals surface area contributed by atoms with Crippen LogP contribution in [0.15, 0.2) is 18.3 Å². The Morgan fingerprint density at radius 1 is 1.00 bits per heavy atom. The standard InChI is InChI=1S/C24H36N4O2/c1-2-6-21-17-19(8-11-25-21)23(29)27-15-9-22(10-16-27)28-14-5-7-20(18-28)24(30)26-12-3-4-13-26/h8,11,17,20,22H,2-7,9-10,12-16,18H2,1H3/t20-/m0/s1. The van der Waals surface area contributed by atoms with E-state index in [0.29, 0.717) is 11.9 Å². The molecule has 6 nitrogen and oxygen atoms in total. The summed E-state index contributed by atoms with van der Waals surface area (Å²) in [5, 5.41) is 0. The second kappa shape index (κ2) is 9.90. The lowest BCUT2D eigenvalue weighted by Crippen LogP contribution is -2.51. The van der Waals surface area contributed by atoms with Crippen LogP contribution in [0.5, 0.6) is 0 Å². The first-order valence-corrected chi connectivity index (χ1v) is 11.9. The van der Waals surface area contributed by atoms with Crippen LogP contribution in [-0.2, 0) is 11.2 Å². The average Bonchev–Trinajstić information content (AvgIpc) is 3.34. The lowest BCUT2D eigenvalue weighted by molar-refractivity contribution is -0.136. The van der Waals surface area contributed by atoms with Gasteiger partial charge < -0.3 is 9.80 Å². The van der Waals surface area contributed by atoms with Gasteiger partial charge in [-0.25, -0.2) is 0 Å². The molecule has 1 atom stereocenters. The van der Waals surface area contributed by atoms with Gasteiger partial charge >= 0.3 is 0 Å². The molecule has 0 unspecified atom stereocenters. The molecule has 164 valence electrons. The Bertz CT molecular complexity index is 738. The third-order valence-electron chi connectivity index (χ3n) is 7.06. The van der Waals surface area contributed by atoms with Crippen LogP contribution in [0, 0.1) is 5.92 Å². The molecule has 0 aromatic carbocycles. The Kier molecular flexibility index (Phi) is 7.03. The number of carbonyl (C=O) groups is 2.